The molecule has 2 aromatic rings. The normalized spacial score (nSPS) is 15.1. The van der Waals surface area contributed by atoms with Gasteiger partial charge < -0.3 is 14.2 Å². The molecule has 3 rings (SSSR count). The Morgan fingerprint density at radius 1 is 1.00 bits per heavy atom. The molecule has 0 unspecified atom stereocenters. The molecule has 0 aliphatic carbocycles. The number of amides is 4. The van der Waals surface area contributed by atoms with Crippen molar-refractivity contribution in [2.45, 2.75) is 13.3 Å². The minimum absolute atomic E-state index is 0.0585. The average molecular weight is 479 g/mol. The lowest BCUT2D eigenvalue weighted by Gasteiger charge is -2.28. The van der Waals surface area contributed by atoms with E-state index in [0.717, 1.165) is 11.3 Å². The fourth-order valence-electron chi connectivity index (χ4n) is 3.03. The van der Waals surface area contributed by atoms with E-state index in [1.54, 1.807) is 18.2 Å². The maximum absolute atomic E-state index is 13.3. The number of methoxy groups -OCH3 is 2. The molecular formula is C22H20Cl2N2O6. The number of ether oxygens (including phenoxy) is 3. The smallest absolute Gasteiger partial charge is 0.336 e. The molecule has 1 heterocycles. The van der Waals surface area contributed by atoms with Crippen molar-refractivity contribution >= 4 is 52.8 Å². The van der Waals surface area contributed by atoms with Crippen LogP contribution in [0.2, 0.25) is 10.0 Å². The molecule has 1 fully saturated rings. The number of rotatable bonds is 7. The summed E-state index contributed by atoms with van der Waals surface area (Å²) in [6.45, 7) is 2.38. The predicted octanol–water partition coefficient (Wildman–Crippen LogP) is 4.47. The zero-order chi connectivity index (χ0) is 23.4. The number of barbiturate groups is 1. The Bertz CT molecular complexity index is 1120. The summed E-state index contributed by atoms with van der Waals surface area (Å²) in [6, 6.07) is 6.69. The van der Waals surface area contributed by atoms with E-state index in [1.165, 1.54) is 32.4 Å². The van der Waals surface area contributed by atoms with Gasteiger partial charge in [0.15, 0.2) is 0 Å². The van der Waals surface area contributed by atoms with Gasteiger partial charge in [0.25, 0.3) is 11.8 Å². The third-order valence-corrected chi connectivity index (χ3v) is 5.06. The standard InChI is InChI=1S/C22H20Cl2N2O6/c1-4-7-32-17-6-5-13(23)8-12(17)9-14-20(27)25-22(29)26(21(14)28)16-11-18(30-2)15(24)10-19(16)31-3/h5-6,8-11H,4,7H2,1-3H3,(H,25,27,29)/b14-9+. The lowest BCUT2D eigenvalue weighted by molar-refractivity contribution is -0.122. The van der Waals surface area contributed by atoms with Gasteiger partial charge in [-0.1, -0.05) is 30.1 Å². The number of hydrogen-bond donors (Lipinski definition) is 1. The fourth-order valence-corrected chi connectivity index (χ4v) is 3.44. The van der Waals surface area contributed by atoms with E-state index in [0.29, 0.717) is 22.9 Å². The van der Waals surface area contributed by atoms with Gasteiger partial charge in [0.05, 0.1) is 31.5 Å². The number of halogens is 2. The fraction of sp³-hybridized carbons (Fsp3) is 0.227. The number of hydrogen-bond acceptors (Lipinski definition) is 6. The topological polar surface area (TPSA) is 94.2 Å². The number of nitrogens with one attached hydrogen (secondary N) is 1. The Hall–Kier alpha value is -3.23. The Balaban J connectivity index is 2.10. The van der Waals surface area contributed by atoms with Gasteiger partial charge in [-0.05, 0) is 30.7 Å². The summed E-state index contributed by atoms with van der Waals surface area (Å²) in [4.78, 5) is 39.2. The first kappa shape index (κ1) is 23.4. The number of carbonyl (C=O) groups excluding carboxylic acids is 3. The second-order valence-corrected chi connectivity index (χ2v) is 7.49. The lowest BCUT2D eigenvalue weighted by Crippen LogP contribution is -2.54. The molecule has 1 N–H and O–H groups in total. The molecule has 1 saturated heterocycles. The molecule has 0 aromatic heterocycles. The van der Waals surface area contributed by atoms with Gasteiger partial charge in [0, 0.05) is 22.7 Å². The number of carbonyl (C=O) groups is 3. The molecule has 8 nitrogen and oxygen atoms in total. The largest absolute Gasteiger partial charge is 0.495 e. The Morgan fingerprint density at radius 2 is 1.72 bits per heavy atom. The first-order valence-corrected chi connectivity index (χ1v) is 10.3. The quantitative estimate of drug-likeness (QED) is 0.466. The van der Waals surface area contributed by atoms with E-state index in [-0.39, 0.29) is 27.8 Å². The molecular weight excluding hydrogens is 459 g/mol. The number of nitrogens with zero attached hydrogens (tertiary/aromatic N) is 1. The lowest BCUT2D eigenvalue weighted by atomic mass is 10.1. The molecule has 2 aromatic carbocycles. The highest BCUT2D eigenvalue weighted by Crippen LogP contribution is 2.39. The molecule has 1 aliphatic heterocycles. The Labute approximate surface area is 194 Å². The summed E-state index contributed by atoms with van der Waals surface area (Å²) in [6.07, 6.45) is 2.09. The van der Waals surface area contributed by atoms with Crippen LogP contribution in [0, 0.1) is 0 Å². The summed E-state index contributed by atoms with van der Waals surface area (Å²) in [7, 11) is 2.75. The molecule has 0 atom stereocenters. The third-order valence-electron chi connectivity index (χ3n) is 4.53. The maximum atomic E-state index is 13.3. The first-order valence-electron chi connectivity index (χ1n) is 9.56. The highest BCUT2D eigenvalue weighted by molar-refractivity contribution is 6.40. The first-order chi connectivity index (χ1) is 15.3. The second-order valence-electron chi connectivity index (χ2n) is 6.65. The molecule has 1 aliphatic rings. The van der Waals surface area contributed by atoms with Crippen LogP contribution in [0.15, 0.2) is 35.9 Å². The van der Waals surface area contributed by atoms with Crippen LogP contribution in [0.5, 0.6) is 17.2 Å². The van der Waals surface area contributed by atoms with Gasteiger partial charge in [-0.15, -0.1) is 0 Å². The van der Waals surface area contributed by atoms with Crippen LogP contribution in [0.25, 0.3) is 6.08 Å². The zero-order valence-electron chi connectivity index (χ0n) is 17.5. The van der Waals surface area contributed by atoms with Gasteiger partial charge in [-0.25, -0.2) is 9.69 Å². The second kappa shape index (κ2) is 9.93. The van der Waals surface area contributed by atoms with Crippen molar-refractivity contribution in [3.8, 4) is 17.2 Å². The highest BCUT2D eigenvalue weighted by atomic mass is 35.5. The highest BCUT2D eigenvalue weighted by Gasteiger charge is 2.38. The number of imide groups is 2. The van der Waals surface area contributed by atoms with Crippen LogP contribution >= 0.6 is 23.2 Å². The minimum atomic E-state index is -0.937. The van der Waals surface area contributed by atoms with Crippen molar-refractivity contribution in [1.82, 2.24) is 5.32 Å². The number of benzene rings is 2. The van der Waals surface area contributed by atoms with Gasteiger partial charge in [0.1, 0.15) is 22.8 Å². The molecule has 0 bridgehead atoms. The number of urea groups is 1. The van der Waals surface area contributed by atoms with Gasteiger partial charge in [-0.3, -0.25) is 14.9 Å². The van der Waals surface area contributed by atoms with Crippen LogP contribution < -0.4 is 24.4 Å². The number of anilines is 1. The van der Waals surface area contributed by atoms with E-state index < -0.39 is 17.8 Å². The van der Waals surface area contributed by atoms with Crippen molar-refractivity contribution in [3.05, 3.63) is 51.5 Å². The van der Waals surface area contributed by atoms with Crippen LogP contribution in [0.4, 0.5) is 10.5 Å². The van der Waals surface area contributed by atoms with Crippen molar-refractivity contribution in [1.29, 1.82) is 0 Å². The molecule has 0 spiro atoms. The summed E-state index contributed by atoms with van der Waals surface area (Å²) < 4.78 is 16.2. The van der Waals surface area contributed by atoms with Crippen LogP contribution in [-0.2, 0) is 9.59 Å². The van der Waals surface area contributed by atoms with Crippen LogP contribution in [0.1, 0.15) is 18.9 Å². The maximum Gasteiger partial charge on any atom is 0.336 e. The molecule has 32 heavy (non-hydrogen) atoms. The monoisotopic (exact) mass is 478 g/mol. The summed E-state index contributed by atoms with van der Waals surface area (Å²) in [5.74, 6) is -0.905. The SMILES string of the molecule is CCCOc1ccc(Cl)cc1/C=C1\C(=O)NC(=O)N(c2cc(OC)c(Cl)cc2OC)C1=O. The van der Waals surface area contributed by atoms with E-state index >= 15 is 0 Å². The Kier molecular flexibility index (Phi) is 7.27. The zero-order valence-corrected chi connectivity index (χ0v) is 19.0. The van der Waals surface area contributed by atoms with E-state index in [1.807, 2.05) is 6.92 Å². The van der Waals surface area contributed by atoms with E-state index in [4.69, 9.17) is 37.4 Å². The van der Waals surface area contributed by atoms with Crippen molar-refractivity contribution < 1.29 is 28.6 Å². The van der Waals surface area contributed by atoms with Gasteiger partial charge in [-0.2, -0.15) is 0 Å². The average Bonchev–Trinajstić information content (AvgIpc) is 2.76. The minimum Gasteiger partial charge on any atom is -0.495 e. The summed E-state index contributed by atoms with van der Waals surface area (Å²) in [5, 5.41) is 2.78. The van der Waals surface area contributed by atoms with Gasteiger partial charge >= 0.3 is 6.03 Å². The molecule has 168 valence electrons. The van der Waals surface area contributed by atoms with Crippen molar-refractivity contribution in [2.75, 3.05) is 25.7 Å². The molecule has 0 radical (unpaired) electrons. The van der Waals surface area contributed by atoms with Crippen molar-refractivity contribution in [3.63, 3.8) is 0 Å². The molecule has 0 saturated carbocycles. The van der Waals surface area contributed by atoms with Crippen LogP contribution in [-0.4, -0.2) is 38.7 Å². The van der Waals surface area contributed by atoms with E-state index in [9.17, 15) is 14.4 Å². The summed E-state index contributed by atoms with van der Waals surface area (Å²) in [5.41, 5.74) is 0.187. The van der Waals surface area contributed by atoms with Gasteiger partial charge in [0.2, 0.25) is 0 Å². The predicted molar refractivity (Wildman–Crippen MR) is 121 cm³/mol. The third kappa shape index (κ3) is 4.66. The summed E-state index contributed by atoms with van der Waals surface area (Å²) >= 11 is 12.2. The van der Waals surface area contributed by atoms with E-state index in [2.05, 4.69) is 5.32 Å². The molecule has 10 heteroatoms. The Morgan fingerprint density at radius 3 is 2.38 bits per heavy atom. The molecule has 4 amide bonds. The van der Waals surface area contributed by atoms with Crippen LogP contribution in [0.3, 0.4) is 0 Å². The van der Waals surface area contributed by atoms with Crippen molar-refractivity contribution in [2.24, 2.45) is 0 Å².